The molecule has 0 amide bonds. The van der Waals surface area contributed by atoms with Gasteiger partial charge in [0.1, 0.15) is 5.82 Å². The third-order valence-electron chi connectivity index (χ3n) is 1.87. The van der Waals surface area contributed by atoms with Gasteiger partial charge in [0.05, 0.1) is 6.67 Å². The summed E-state index contributed by atoms with van der Waals surface area (Å²) in [5.74, 6) is -3.48. The zero-order chi connectivity index (χ0) is 10.7. The zero-order valence-corrected chi connectivity index (χ0v) is 8.46. The summed E-state index contributed by atoms with van der Waals surface area (Å²) in [7, 11) is 0. The Morgan fingerprint density at radius 1 is 1.13 bits per heavy atom. The quantitative estimate of drug-likeness (QED) is 0.641. The first-order chi connectivity index (χ1) is 6.57. The van der Waals surface area contributed by atoms with Crippen molar-refractivity contribution in [1.29, 1.82) is 0 Å². The van der Waals surface area contributed by atoms with Gasteiger partial charge in [-0.3, -0.25) is 4.39 Å². The van der Waals surface area contributed by atoms with Crippen molar-refractivity contribution in [2.75, 3.05) is 6.67 Å². The van der Waals surface area contributed by atoms with Crippen LogP contribution in [0.25, 0.3) is 0 Å². The first-order valence-electron chi connectivity index (χ1n) is 4.03. The van der Waals surface area contributed by atoms with Gasteiger partial charge in [-0.1, -0.05) is 0 Å². The van der Waals surface area contributed by atoms with E-state index in [1.807, 2.05) is 0 Å². The topological polar surface area (TPSA) is 26.0 Å². The molecule has 1 atom stereocenters. The van der Waals surface area contributed by atoms with E-state index in [4.69, 9.17) is 5.73 Å². The van der Waals surface area contributed by atoms with Crippen LogP contribution in [0.15, 0.2) is 12.1 Å². The molecule has 15 heavy (non-hydrogen) atoms. The summed E-state index contributed by atoms with van der Waals surface area (Å²) in [5, 5.41) is 0. The number of halogens is 5. The molecule has 1 rings (SSSR count). The maximum Gasteiger partial charge on any atom is 0.166 e. The molecule has 1 aromatic rings. The fourth-order valence-electron chi connectivity index (χ4n) is 1.14. The van der Waals surface area contributed by atoms with E-state index in [2.05, 4.69) is 0 Å². The Labute approximate surface area is 90.7 Å². The van der Waals surface area contributed by atoms with Gasteiger partial charge in [0.25, 0.3) is 0 Å². The van der Waals surface area contributed by atoms with Gasteiger partial charge in [0, 0.05) is 11.6 Å². The van der Waals surface area contributed by atoms with Gasteiger partial charge in [-0.2, -0.15) is 0 Å². The average molecular weight is 244 g/mol. The van der Waals surface area contributed by atoms with E-state index in [1.54, 1.807) is 0 Å². The van der Waals surface area contributed by atoms with Gasteiger partial charge in [-0.15, -0.1) is 12.4 Å². The molecule has 0 fully saturated rings. The molecule has 2 N–H and O–H groups in total. The van der Waals surface area contributed by atoms with Crippen LogP contribution in [0.3, 0.4) is 0 Å². The fourth-order valence-corrected chi connectivity index (χ4v) is 1.14. The lowest BCUT2D eigenvalue weighted by molar-refractivity contribution is 0.414. The van der Waals surface area contributed by atoms with E-state index in [0.717, 1.165) is 6.07 Å². The van der Waals surface area contributed by atoms with Crippen molar-refractivity contribution in [1.82, 2.24) is 0 Å². The summed E-state index contributed by atoms with van der Waals surface area (Å²) >= 11 is 0. The number of nitrogens with two attached hydrogens (primary N) is 1. The van der Waals surface area contributed by atoms with E-state index in [9.17, 15) is 17.6 Å². The van der Waals surface area contributed by atoms with Crippen LogP contribution in [0.5, 0.6) is 0 Å². The van der Waals surface area contributed by atoms with Crippen LogP contribution in [-0.2, 0) is 0 Å². The van der Waals surface area contributed by atoms with Crippen LogP contribution in [0.2, 0.25) is 0 Å². The highest BCUT2D eigenvalue weighted by atomic mass is 35.5. The molecule has 0 saturated carbocycles. The Hall–Kier alpha value is -0.810. The van der Waals surface area contributed by atoms with Crippen molar-refractivity contribution in [3.05, 3.63) is 35.1 Å². The third-order valence-corrected chi connectivity index (χ3v) is 1.87. The molecule has 0 aromatic heterocycles. The van der Waals surface area contributed by atoms with Gasteiger partial charge in [0.15, 0.2) is 11.6 Å². The van der Waals surface area contributed by atoms with Crippen molar-refractivity contribution in [3.8, 4) is 0 Å². The van der Waals surface area contributed by atoms with Crippen molar-refractivity contribution < 1.29 is 17.6 Å². The lowest BCUT2D eigenvalue weighted by Crippen LogP contribution is -2.15. The average Bonchev–Trinajstić information content (AvgIpc) is 2.13. The second-order valence-electron chi connectivity index (χ2n) is 2.84. The Bertz CT molecular complexity index is 332. The van der Waals surface area contributed by atoms with E-state index in [-0.39, 0.29) is 18.8 Å². The van der Waals surface area contributed by atoms with Crippen LogP contribution in [-0.4, -0.2) is 6.67 Å². The van der Waals surface area contributed by atoms with Crippen LogP contribution in [0, 0.1) is 17.5 Å². The van der Waals surface area contributed by atoms with E-state index >= 15 is 0 Å². The highest BCUT2D eigenvalue weighted by molar-refractivity contribution is 5.85. The smallest absolute Gasteiger partial charge is 0.166 e. The molecule has 0 aliphatic rings. The maximum atomic E-state index is 13.0. The first kappa shape index (κ1) is 14.2. The number of rotatable bonds is 3. The summed E-state index contributed by atoms with van der Waals surface area (Å²) in [6.45, 7) is -0.809. The first-order valence-corrected chi connectivity index (χ1v) is 4.03. The molecule has 86 valence electrons. The SMILES string of the molecule is Cl.N[C@H](CCF)c1c(F)ccc(F)c1F. The number of hydrogen-bond acceptors (Lipinski definition) is 1. The van der Waals surface area contributed by atoms with Crippen LogP contribution in [0.4, 0.5) is 17.6 Å². The van der Waals surface area contributed by atoms with Crippen LogP contribution >= 0.6 is 12.4 Å². The van der Waals surface area contributed by atoms with Gasteiger partial charge in [0.2, 0.25) is 0 Å². The Morgan fingerprint density at radius 2 is 1.67 bits per heavy atom. The van der Waals surface area contributed by atoms with Crippen molar-refractivity contribution in [3.63, 3.8) is 0 Å². The Morgan fingerprint density at radius 3 is 2.20 bits per heavy atom. The molecule has 1 nitrogen and oxygen atoms in total. The second-order valence-corrected chi connectivity index (χ2v) is 2.84. The van der Waals surface area contributed by atoms with Gasteiger partial charge in [-0.25, -0.2) is 13.2 Å². The second kappa shape index (κ2) is 5.92. The lowest BCUT2D eigenvalue weighted by atomic mass is 10.0. The summed E-state index contributed by atoms with van der Waals surface area (Å²) in [6, 6.07) is 0.276. The fraction of sp³-hybridized carbons (Fsp3) is 0.333. The summed E-state index contributed by atoms with van der Waals surface area (Å²) < 4.78 is 50.6. The van der Waals surface area contributed by atoms with E-state index in [1.165, 1.54) is 0 Å². The monoisotopic (exact) mass is 243 g/mol. The molecule has 0 saturated heterocycles. The maximum absolute atomic E-state index is 13.0. The molecular weight excluding hydrogens is 234 g/mol. The van der Waals surface area contributed by atoms with Crippen molar-refractivity contribution >= 4 is 12.4 Å². The predicted molar refractivity (Wildman–Crippen MR) is 51.1 cm³/mol. The minimum absolute atomic E-state index is 0. The minimum Gasteiger partial charge on any atom is -0.324 e. The van der Waals surface area contributed by atoms with Crippen LogP contribution < -0.4 is 5.73 Å². The van der Waals surface area contributed by atoms with Gasteiger partial charge >= 0.3 is 0 Å². The molecule has 0 unspecified atom stereocenters. The van der Waals surface area contributed by atoms with E-state index in [0.29, 0.717) is 6.07 Å². The van der Waals surface area contributed by atoms with Gasteiger partial charge in [-0.05, 0) is 18.6 Å². The normalized spacial score (nSPS) is 12.1. The molecular formula is C9H10ClF4N. The zero-order valence-electron chi connectivity index (χ0n) is 7.64. The molecule has 0 aliphatic carbocycles. The van der Waals surface area contributed by atoms with E-state index < -0.39 is 35.7 Å². The Balaban J connectivity index is 0.00000196. The summed E-state index contributed by atoms with van der Waals surface area (Å²) in [4.78, 5) is 0. The molecule has 0 radical (unpaired) electrons. The predicted octanol–water partition coefficient (Wildman–Crippen LogP) is 2.89. The lowest BCUT2D eigenvalue weighted by Gasteiger charge is -2.12. The molecule has 0 spiro atoms. The summed E-state index contributed by atoms with van der Waals surface area (Å²) in [5.41, 5.74) is 4.69. The number of hydrogen-bond donors (Lipinski definition) is 1. The highest BCUT2D eigenvalue weighted by Crippen LogP contribution is 2.23. The molecule has 0 aliphatic heterocycles. The number of alkyl halides is 1. The Kier molecular flexibility index (Phi) is 5.60. The van der Waals surface area contributed by atoms with Crippen molar-refractivity contribution in [2.24, 2.45) is 5.73 Å². The van der Waals surface area contributed by atoms with Crippen molar-refractivity contribution in [2.45, 2.75) is 12.5 Å². The minimum atomic E-state index is -1.34. The third kappa shape index (κ3) is 3.07. The standard InChI is InChI=1S/C9H9F4N.ClH/c10-4-3-7(14)8-5(11)1-2-6(12)9(8)13;/h1-2,7H,3-4,14H2;1H/t7-;/m1./s1. The molecule has 0 bridgehead atoms. The van der Waals surface area contributed by atoms with Gasteiger partial charge < -0.3 is 5.73 Å². The molecule has 6 heteroatoms. The largest absolute Gasteiger partial charge is 0.324 e. The molecule has 0 heterocycles. The molecule has 1 aromatic carbocycles. The number of benzene rings is 1. The summed E-state index contributed by atoms with van der Waals surface area (Å²) in [6.07, 6.45) is -0.239. The highest BCUT2D eigenvalue weighted by Gasteiger charge is 2.19. The van der Waals surface area contributed by atoms with Crippen LogP contribution in [0.1, 0.15) is 18.0 Å².